The first-order chi connectivity index (χ1) is 11.1. The minimum absolute atomic E-state index is 0.269. The van der Waals surface area contributed by atoms with Crippen molar-refractivity contribution in [2.24, 2.45) is 5.41 Å². The van der Waals surface area contributed by atoms with Crippen LogP contribution in [-0.2, 0) is 9.59 Å². The molecule has 4 heteroatoms. The molecular weight excluding hydrogens is 288 g/mol. The highest BCUT2D eigenvalue weighted by atomic mass is 16.2. The number of terminal acetylenes is 1. The molecule has 4 nitrogen and oxygen atoms in total. The van der Waals surface area contributed by atoms with Crippen molar-refractivity contribution in [1.29, 1.82) is 0 Å². The summed E-state index contributed by atoms with van der Waals surface area (Å²) in [5.74, 6) is 1.96. The van der Waals surface area contributed by atoms with Crippen molar-refractivity contribution < 1.29 is 9.59 Å². The van der Waals surface area contributed by atoms with Crippen molar-refractivity contribution in [3.05, 3.63) is 60.2 Å². The molecule has 2 N–H and O–H groups in total. The molecule has 0 heterocycles. The maximum absolute atomic E-state index is 12.5. The van der Waals surface area contributed by atoms with E-state index in [1.165, 1.54) is 0 Å². The first-order valence-electron chi connectivity index (χ1n) is 7.39. The maximum Gasteiger partial charge on any atom is 0.240 e. The third-order valence-corrected chi connectivity index (χ3v) is 3.94. The number of hydrogen-bond acceptors (Lipinski definition) is 2. The van der Waals surface area contributed by atoms with Gasteiger partial charge in [-0.3, -0.25) is 9.59 Å². The maximum atomic E-state index is 12.5. The Labute approximate surface area is 134 Å². The van der Waals surface area contributed by atoms with E-state index in [0.29, 0.717) is 29.8 Å². The summed E-state index contributed by atoms with van der Waals surface area (Å²) >= 11 is 0. The fourth-order valence-corrected chi connectivity index (χ4v) is 2.39. The Balaban J connectivity index is 1.71. The Bertz CT molecular complexity index is 787. The molecule has 114 valence electrons. The van der Waals surface area contributed by atoms with Crippen molar-refractivity contribution in [1.82, 2.24) is 0 Å². The van der Waals surface area contributed by atoms with Gasteiger partial charge in [-0.15, -0.1) is 6.42 Å². The minimum atomic E-state index is -0.984. The zero-order chi connectivity index (χ0) is 16.3. The summed E-state index contributed by atoms with van der Waals surface area (Å²) in [4.78, 5) is 25.0. The van der Waals surface area contributed by atoms with Gasteiger partial charge >= 0.3 is 0 Å². The number of nitrogens with one attached hydrogen (secondary N) is 2. The smallest absolute Gasteiger partial charge is 0.240 e. The fourth-order valence-electron chi connectivity index (χ4n) is 2.39. The van der Waals surface area contributed by atoms with Crippen LogP contribution in [0.1, 0.15) is 18.4 Å². The molecule has 0 atom stereocenters. The summed E-state index contributed by atoms with van der Waals surface area (Å²) in [5.41, 5.74) is 0.985. The van der Waals surface area contributed by atoms with E-state index in [-0.39, 0.29) is 11.8 Å². The summed E-state index contributed by atoms with van der Waals surface area (Å²) in [5, 5.41) is 5.59. The molecule has 23 heavy (non-hydrogen) atoms. The normalized spacial score (nSPS) is 14.4. The molecular formula is C19H16N2O2. The van der Waals surface area contributed by atoms with E-state index < -0.39 is 5.41 Å². The van der Waals surface area contributed by atoms with Gasteiger partial charge in [0.25, 0.3) is 0 Å². The van der Waals surface area contributed by atoms with Crippen LogP contribution in [0.2, 0.25) is 0 Å². The number of rotatable bonds is 4. The second-order valence-corrected chi connectivity index (χ2v) is 5.58. The van der Waals surface area contributed by atoms with Crippen molar-refractivity contribution in [3.8, 4) is 12.3 Å². The third-order valence-electron chi connectivity index (χ3n) is 3.94. The Morgan fingerprint density at radius 2 is 1.52 bits per heavy atom. The molecule has 2 aromatic carbocycles. The van der Waals surface area contributed by atoms with Crippen LogP contribution in [0.5, 0.6) is 0 Å². The number of amides is 2. The lowest BCUT2D eigenvalue weighted by molar-refractivity contribution is -0.131. The minimum Gasteiger partial charge on any atom is -0.325 e. The number of carbonyl (C=O) groups is 2. The molecule has 0 aliphatic heterocycles. The topological polar surface area (TPSA) is 58.2 Å². The lowest BCUT2D eigenvalue weighted by Gasteiger charge is -2.15. The highest BCUT2D eigenvalue weighted by Crippen LogP contribution is 2.47. The third kappa shape index (κ3) is 3.09. The average Bonchev–Trinajstić information content (AvgIpc) is 3.38. The van der Waals surface area contributed by atoms with Crippen LogP contribution in [0.3, 0.4) is 0 Å². The SMILES string of the molecule is C#Cc1cccc(NC(=O)C2(C(=O)Nc3ccccc3)CC2)c1. The van der Waals surface area contributed by atoms with Gasteiger partial charge in [0.2, 0.25) is 11.8 Å². The number of hydrogen-bond donors (Lipinski definition) is 2. The molecule has 1 saturated carbocycles. The Kier molecular flexibility index (Phi) is 3.86. The Hall–Kier alpha value is -3.06. The lowest BCUT2D eigenvalue weighted by atomic mass is 10.0. The van der Waals surface area contributed by atoms with Crippen molar-refractivity contribution >= 4 is 23.2 Å². The molecule has 2 amide bonds. The van der Waals surface area contributed by atoms with Gasteiger partial charge in [-0.2, -0.15) is 0 Å². The van der Waals surface area contributed by atoms with Gasteiger partial charge in [0, 0.05) is 16.9 Å². The fraction of sp³-hybridized carbons (Fsp3) is 0.158. The predicted molar refractivity (Wildman–Crippen MR) is 89.7 cm³/mol. The molecule has 0 radical (unpaired) electrons. The molecule has 0 bridgehead atoms. The van der Waals surface area contributed by atoms with Crippen LogP contribution in [-0.4, -0.2) is 11.8 Å². The van der Waals surface area contributed by atoms with Crippen molar-refractivity contribution in [3.63, 3.8) is 0 Å². The van der Waals surface area contributed by atoms with E-state index in [1.807, 2.05) is 18.2 Å². The standard InChI is InChI=1S/C19H16N2O2/c1-2-14-7-6-10-16(13-14)21-18(23)19(11-12-19)17(22)20-15-8-4-3-5-9-15/h1,3-10,13H,11-12H2,(H,20,22)(H,21,23). The van der Waals surface area contributed by atoms with Gasteiger partial charge in [0.05, 0.1) is 0 Å². The Morgan fingerprint density at radius 3 is 2.13 bits per heavy atom. The van der Waals surface area contributed by atoms with Crippen LogP contribution in [0, 0.1) is 17.8 Å². The van der Waals surface area contributed by atoms with Gasteiger partial charge in [-0.05, 0) is 43.2 Å². The summed E-state index contributed by atoms with van der Waals surface area (Å²) in [6, 6.07) is 16.1. The molecule has 2 aromatic rings. The number of anilines is 2. The van der Waals surface area contributed by atoms with Crippen LogP contribution >= 0.6 is 0 Å². The average molecular weight is 304 g/mol. The van der Waals surface area contributed by atoms with E-state index in [9.17, 15) is 9.59 Å². The van der Waals surface area contributed by atoms with Gasteiger partial charge in [0.15, 0.2) is 0 Å². The molecule has 0 aromatic heterocycles. The van der Waals surface area contributed by atoms with E-state index in [1.54, 1.807) is 36.4 Å². The molecule has 3 rings (SSSR count). The summed E-state index contributed by atoms with van der Waals surface area (Å²) in [6.45, 7) is 0. The second kappa shape index (κ2) is 5.98. The first-order valence-corrected chi connectivity index (χ1v) is 7.39. The highest BCUT2D eigenvalue weighted by Gasteiger charge is 2.56. The van der Waals surface area contributed by atoms with Crippen LogP contribution < -0.4 is 10.6 Å². The lowest BCUT2D eigenvalue weighted by Crippen LogP contribution is -2.35. The monoisotopic (exact) mass is 304 g/mol. The predicted octanol–water partition coefficient (Wildman–Crippen LogP) is 3.03. The molecule has 1 aliphatic rings. The van der Waals surface area contributed by atoms with Gasteiger partial charge in [-0.25, -0.2) is 0 Å². The van der Waals surface area contributed by atoms with Crippen LogP contribution in [0.4, 0.5) is 11.4 Å². The van der Waals surface area contributed by atoms with E-state index >= 15 is 0 Å². The quantitative estimate of drug-likeness (QED) is 0.674. The van der Waals surface area contributed by atoms with Crippen LogP contribution in [0.25, 0.3) is 0 Å². The molecule has 0 unspecified atom stereocenters. The summed E-state index contributed by atoms with van der Waals surface area (Å²) in [6.07, 6.45) is 6.45. The first kappa shape index (κ1) is 14.9. The number of benzene rings is 2. The largest absolute Gasteiger partial charge is 0.325 e. The van der Waals surface area contributed by atoms with Gasteiger partial charge in [-0.1, -0.05) is 30.2 Å². The van der Waals surface area contributed by atoms with Crippen molar-refractivity contribution in [2.75, 3.05) is 10.6 Å². The van der Waals surface area contributed by atoms with Crippen molar-refractivity contribution in [2.45, 2.75) is 12.8 Å². The second-order valence-electron chi connectivity index (χ2n) is 5.58. The number of carbonyl (C=O) groups excluding carboxylic acids is 2. The summed E-state index contributed by atoms with van der Waals surface area (Å²) in [7, 11) is 0. The molecule has 0 saturated heterocycles. The van der Waals surface area contributed by atoms with E-state index in [4.69, 9.17) is 6.42 Å². The molecule has 0 spiro atoms. The van der Waals surface area contributed by atoms with Crippen LogP contribution in [0.15, 0.2) is 54.6 Å². The number of para-hydroxylation sites is 1. The zero-order valence-electron chi connectivity index (χ0n) is 12.5. The highest BCUT2D eigenvalue weighted by molar-refractivity contribution is 6.16. The Morgan fingerprint density at radius 1 is 0.913 bits per heavy atom. The van der Waals surface area contributed by atoms with Gasteiger partial charge < -0.3 is 10.6 Å². The molecule has 1 fully saturated rings. The zero-order valence-corrected chi connectivity index (χ0v) is 12.5. The summed E-state index contributed by atoms with van der Waals surface area (Å²) < 4.78 is 0. The van der Waals surface area contributed by atoms with E-state index in [0.717, 1.165) is 0 Å². The van der Waals surface area contributed by atoms with E-state index in [2.05, 4.69) is 16.6 Å². The molecule has 1 aliphatic carbocycles. The van der Waals surface area contributed by atoms with Gasteiger partial charge in [0.1, 0.15) is 5.41 Å².